The summed E-state index contributed by atoms with van der Waals surface area (Å²) in [5.41, 5.74) is 4.52. The van der Waals surface area contributed by atoms with Crippen molar-refractivity contribution in [3.05, 3.63) is 60.2 Å². The fourth-order valence-corrected chi connectivity index (χ4v) is 5.73. The summed E-state index contributed by atoms with van der Waals surface area (Å²) < 4.78 is 11.6. The van der Waals surface area contributed by atoms with Gasteiger partial charge in [-0.1, -0.05) is 101 Å². The van der Waals surface area contributed by atoms with Crippen LogP contribution in [0.1, 0.15) is 115 Å². The molecule has 1 fully saturated rings. The number of aromatic nitrogens is 1. The van der Waals surface area contributed by atoms with Crippen LogP contribution in [0.15, 0.2) is 59.1 Å². The Balaban J connectivity index is 1.24. The Morgan fingerprint density at radius 3 is 2.11 bits per heavy atom. The Hall–Kier alpha value is -2.55. The molecule has 0 unspecified atom stereocenters. The summed E-state index contributed by atoms with van der Waals surface area (Å²) in [6.45, 7) is 5.34. The Kier molecular flexibility index (Phi) is 11.1. The molecule has 2 aromatic carbocycles. The predicted octanol–water partition coefficient (Wildman–Crippen LogP) is 10.6. The first-order chi connectivity index (χ1) is 18.3. The molecule has 200 valence electrons. The third-order valence-electron chi connectivity index (χ3n) is 8.16. The second kappa shape index (κ2) is 15.0. The van der Waals surface area contributed by atoms with Crippen LogP contribution < -0.4 is 4.74 Å². The molecule has 0 saturated heterocycles. The molecule has 0 amide bonds. The van der Waals surface area contributed by atoms with Crippen LogP contribution in [0.25, 0.3) is 22.6 Å². The number of unbranched alkanes of at least 4 members (excludes halogenated alkanes) is 7. The Labute approximate surface area is 225 Å². The van der Waals surface area contributed by atoms with Crippen LogP contribution in [-0.2, 0) is 0 Å². The van der Waals surface area contributed by atoms with Crippen molar-refractivity contribution in [1.82, 2.24) is 5.16 Å². The van der Waals surface area contributed by atoms with E-state index in [1.54, 1.807) is 0 Å². The van der Waals surface area contributed by atoms with Gasteiger partial charge in [-0.2, -0.15) is 0 Å². The maximum atomic E-state index is 5.92. The van der Waals surface area contributed by atoms with Gasteiger partial charge in [0.2, 0.25) is 0 Å². The lowest BCUT2D eigenvalue weighted by atomic mass is 9.77. The summed E-state index contributed by atoms with van der Waals surface area (Å²) in [5, 5.41) is 4.36. The highest BCUT2D eigenvalue weighted by atomic mass is 16.5. The van der Waals surface area contributed by atoms with Crippen molar-refractivity contribution in [2.45, 2.75) is 110 Å². The van der Waals surface area contributed by atoms with Gasteiger partial charge in [0.05, 0.1) is 6.61 Å². The van der Waals surface area contributed by atoms with Crippen molar-refractivity contribution in [3.8, 4) is 28.3 Å². The van der Waals surface area contributed by atoms with E-state index in [1.165, 1.54) is 89.0 Å². The first kappa shape index (κ1) is 27.5. The van der Waals surface area contributed by atoms with E-state index in [0.29, 0.717) is 5.92 Å². The van der Waals surface area contributed by atoms with Gasteiger partial charge in [-0.05, 0) is 73.8 Å². The summed E-state index contributed by atoms with van der Waals surface area (Å²) in [6, 6.07) is 19.3. The van der Waals surface area contributed by atoms with E-state index in [0.717, 1.165) is 47.3 Å². The van der Waals surface area contributed by atoms with Gasteiger partial charge in [-0.3, -0.25) is 0 Å². The Bertz CT molecular complexity index is 1010. The van der Waals surface area contributed by atoms with E-state index in [-0.39, 0.29) is 0 Å². The number of ether oxygens (including phenoxy) is 1. The molecule has 3 aromatic rings. The molecule has 1 aliphatic carbocycles. The van der Waals surface area contributed by atoms with Crippen LogP contribution in [0.2, 0.25) is 0 Å². The minimum absolute atomic E-state index is 0.714. The molecule has 0 spiro atoms. The second-order valence-corrected chi connectivity index (χ2v) is 11.1. The van der Waals surface area contributed by atoms with Crippen LogP contribution in [0.5, 0.6) is 5.75 Å². The number of rotatable bonds is 15. The van der Waals surface area contributed by atoms with Crippen LogP contribution in [0.3, 0.4) is 0 Å². The summed E-state index contributed by atoms with van der Waals surface area (Å²) in [5.74, 6) is 3.38. The molecule has 0 bridgehead atoms. The van der Waals surface area contributed by atoms with E-state index in [1.807, 2.05) is 18.2 Å². The number of hydrogen-bond donors (Lipinski definition) is 0. The topological polar surface area (TPSA) is 35.3 Å². The van der Waals surface area contributed by atoms with Gasteiger partial charge in [0.25, 0.3) is 0 Å². The van der Waals surface area contributed by atoms with E-state index in [9.17, 15) is 0 Å². The Morgan fingerprint density at radius 1 is 0.730 bits per heavy atom. The molecule has 0 radical (unpaired) electrons. The second-order valence-electron chi connectivity index (χ2n) is 11.1. The highest BCUT2D eigenvalue weighted by molar-refractivity contribution is 5.67. The maximum absolute atomic E-state index is 5.92. The minimum Gasteiger partial charge on any atom is -0.494 e. The lowest BCUT2D eigenvalue weighted by Crippen LogP contribution is -2.13. The molecule has 3 nitrogen and oxygen atoms in total. The standard InChI is InChI=1S/C34H47NO2/c1-3-5-7-8-9-11-25-36-32-23-21-31(22-24-32)34-26-33(35-37-34)30-19-17-29(18-20-30)28-15-13-27(14-16-28)12-10-6-4-2/h17-24,26-28H,3-16,25H2,1-2H3. The molecule has 0 aliphatic heterocycles. The first-order valence-corrected chi connectivity index (χ1v) is 15.1. The number of benzene rings is 2. The van der Waals surface area contributed by atoms with Gasteiger partial charge in [0.15, 0.2) is 5.76 Å². The van der Waals surface area contributed by atoms with Gasteiger partial charge in [-0.25, -0.2) is 0 Å². The molecule has 3 heteroatoms. The zero-order valence-corrected chi connectivity index (χ0v) is 23.2. The van der Waals surface area contributed by atoms with Crippen molar-refractivity contribution in [3.63, 3.8) is 0 Å². The number of nitrogens with zero attached hydrogens (tertiary/aromatic N) is 1. The highest BCUT2D eigenvalue weighted by Gasteiger charge is 2.22. The lowest BCUT2D eigenvalue weighted by molar-refractivity contribution is 0.303. The van der Waals surface area contributed by atoms with Crippen molar-refractivity contribution in [2.75, 3.05) is 6.61 Å². The fraction of sp³-hybridized carbons (Fsp3) is 0.559. The van der Waals surface area contributed by atoms with Crippen LogP contribution in [0.4, 0.5) is 0 Å². The molecule has 1 saturated carbocycles. The smallest absolute Gasteiger partial charge is 0.167 e. The highest BCUT2D eigenvalue weighted by Crippen LogP contribution is 2.38. The molecule has 1 aliphatic rings. The first-order valence-electron chi connectivity index (χ1n) is 15.1. The van der Waals surface area contributed by atoms with E-state index in [4.69, 9.17) is 9.26 Å². The van der Waals surface area contributed by atoms with E-state index < -0.39 is 0 Å². The van der Waals surface area contributed by atoms with Gasteiger partial charge in [0.1, 0.15) is 11.4 Å². The van der Waals surface area contributed by atoms with Gasteiger partial charge >= 0.3 is 0 Å². The maximum Gasteiger partial charge on any atom is 0.167 e. The largest absolute Gasteiger partial charge is 0.494 e. The third-order valence-corrected chi connectivity index (χ3v) is 8.16. The van der Waals surface area contributed by atoms with Gasteiger partial charge < -0.3 is 9.26 Å². The molecule has 1 aromatic heterocycles. The zero-order valence-electron chi connectivity index (χ0n) is 23.2. The summed E-state index contributed by atoms with van der Waals surface area (Å²) in [7, 11) is 0. The molecule has 0 atom stereocenters. The third kappa shape index (κ3) is 8.48. The van der Waals surface area contributed by atoms with Crippen molar-refractivity contribution >= 4 is 0 Å². The average Bonchev–Trinajstić information content (AvgIpc) is 3.44. The van der Waals surface area contributed by atoms with Crippen LogP contribution in [0, 0.1) is 5.92 Å². The minimum atomic E-state index is 0.714. The molecule has 4 rings (SSSR count). The van der Waals surface area contributed by atoms with Gasteiger partial charge in [0, 0.05) is 17.2 Å². The van der Waals surface area contributed by atoms with Gasteiger partial charge in [-0.15, -0.1) is 0 Å². The molecular formula is C34H47NO2. The van der Waals surface area contributed by atoms with E-state index >= 15 is 0 Å². The fourth-order valence-electron chi connectivity index (χ4n) is 5.73. The predicted molar refractivity (Wildman–Crippen MR) is 155 cm³/mol. The number of hydrogen-bond acceptors (Lipinski definition) is 3. The summed E-state index contributed by atoms with van der Waals surface area (Å²) in [4.78, 5) is 0. The average molecular weight is 502 g/mol. The normalized spacial score (nSPS) is 17.7. The zero-order chi connectivity index (χ0) is 25.7. The van der Waals surface area contributed by atoms with Crippen molar-refractivity contribution < 1.29 is 9.26 Å². The molecule has 37 heavy (non-hydrogen) atoms. The monoisotopic (exact) mass is 501 g/mol. The SMILES string of the molecule is CCCCCCCCOc1ccc(-c2cc(-c3ccc(C4CCC(CCCCC)CC4)cc3)no2)cc1. The van der Waals surface area contributed by atoms with Crippen molar-refractivity contribution in [2.24, 2.45) is 5.92 Å². The van der Waals surface area contributed by atoms with Crippen molar-refractivity contribution in [1.29, 1.82) is 0 Å². The Morgan fingerprint density at radius 2 is 1.38 bits per heavy atom. The van der Waals surface area contributed by atoms with Crippen LogP contribution >= 0.6 is 0 Å². The summed E-state index contributed by atoms with van der Waals surface area (Å²) in [6.07, 6.45) is 18.7. The summed E-state index contributed by atoms with van der Waals surface area (Å²) >= 11 is 0. The molecule has 0 N–H and O–H groups in total. The molecule has 1 heterocycles. The quantitative estimate of drug-likeness (QED) is 0.194. The molecular weight excluding hydrogens is 454 g/mol. The lowest BCUT2D eigenvalue weighted by Gasteiger charge is -2.29. The van der Waals surface area contributed by atoms with E-state index in [2.05, 4.69) is 55.4 Å². The van der Waals surface area contributed by atoms with Crippen LogP contribution in [-0.4, -0.2) is 11.8 Å².